The van der Waals surface area contributed by atoms with Crippen LogP contribution >= 0.6 is 0 Å². The number of hydrogen-bond acceptors (Lipinski definition) is 3. The summed E-state index contributed by atoms with van der Waals surface area (Å²) in [5.41, 5.74) is 0. The summed E-state index contributed by atoms with van der Waals surface area (Å²) in [6.45, 7) is 8.39. The zero-order chi connectivity index (χ0) is 9.68. The third kappa shape index (κ3) is 4.07. The Morgan fingerprint density at radius 2 is 2.00 bits per heavy atom. The normalized spacial score (nSPS) is 24.2. The Kier molecular flexibility index (Phi) is 4.70. The Balaban J connectivity index is 2.25. The van der Waals surface area contributed by atoms with Crippen LogP contribution in [0.15, 0.2) is 0 Å². The zero-order valence-corrected chi connectivity index (χ0v) is 9.21. The molecule has 0 spiro atoms. The highest BCUT2D eigenvalue weighted by Crippen LogP contribution is 2.01. The highest BCUT2D eigenvalue weighted by atomic mass is 15.2. The molecular weight excluding hydrogens is 162 g/mol. The SMILES string of the molecule is CNC(C)CN1CCCN(C)CC1. The van der Waals surface area contributed by atoms with E-state index in [4.69, 9.17) is 0 Å². The maximum absolute atomic E-state index is 3.29. The van der Waals surface area contributed by atoms with E-state index in [0.717, 1.165) is 0 Å². The summed E-state index contributed by atoms with van der Waals surface area (Å²) in [5, 5.41) is 3.29. The van der Waals surface area contributed by atoms with Gasteiger partial charge in [0.25, 0.3) is 0 Å². The van der Waals surface area contributed by atoms with Crippen LogP contribution in [0, 0.1) is 0 Å². The van der Waals surface area contributed by atoms with E-state index in [9.17, 15) is 0 Å². The lowest BCUT2D eigenvalue weighted by atomic mass is 10.3. The van der Waals surface area contributed by atoms with Gasteiger partial charge in [0, 0.05) is 25.7 Å². The van der Waals surface area contributed by atoms with Gasteiger partial charge in [0.15, 0.2) is 0 Å². The second kappa shape index (κ2) is 5.58. The van der Waals surface area contributed by atoms with E-state index < -0.39 is 0 Å². The lowest BCUT2D eigenvalue weighted by molar-refractivity contribution is 0.255. The molecule has 1 fully saturated rings. The maximum Gasteiger partial charge on any atom is 0.0163 e. The van der Waals surface area contributed by atoms with Gasteiger partial charge >= 0.3 is 0 Å². The molecule has 1 atom stereocenters. The van der Waals surface area contributed by atoms with Crippen LogP contribution in [0.1, 0.15) is 13.3 Å². The molecule has 0 aliphatic carbocycles. The Hall–Kier alpha value is -0.120. The van der Waals surface area contributed by atoms with Crippen LogP contribution in [0.2, 0.25) is 0 Å². The number of nitrogens with one attached hydrogen (secondary N) is 1. The van der Waals surface area contributed by atoms with Crippen LogP contribution in [0.4, 0.5) is 0 Å². The molecule has 1 N–H and O–H groups in total. The first-order valence-electron chi connectivity index (χ1n) is 5.30. The van der Waals surface area contributed by atoms with E-state index in [0.29, 0.717) is 6.04 Å². The summed E-state index contributed by atoms with van der Waals surface area (Å²) in [7, 11) is 4.25. The van der Waals surface area contributed by atoms with E-state index in [2.05, 4.69) is 29.1 Å². The molecule has 3 nitrogen and oxygen atoms in total. The van der Waals surface area contributed by atoms with Gasteiger partial charge in [-0.1, -0.05) is 0 Å². The molecule has 1 saturated heterocycles. The second-order valence-corrected chi connectivity index (χ2v) is 4.15. The molecule has 1 rings (SSSR count). The van der Waals surface area contributed by atoms with Crippen LogP contribution in [0.3, 0.4) is 0 Å². The van der Waals surface area contributed by atoms with Gasteiger partial charge in [-0.3, -0.25) is 0 Å². The quantitative estimate of drug-likeness (QED) is 0.679. The summed E-state index contributed by atoms with van der Waals surface area (Å²) in [6.07, 6.45) is 1.31. The number of hydrogen-bond donors (Lipinski definition) is 1. The van der Waals surface area contributed by atoms with Crippen LogP contribution in [-0.2, 0) is 0 Å². The maximum atomic E-state index is 3.29. The molecule has 78 valence electrons. The van der Waals surface area contributed by atoms with Crippen LogP contribution in [0.5, 0.6) is 0 Å². The van der Waals surface area contributed by atoms with Crippen molar-refractivity contribution in [2.24, 2.45) is 0 Å². The molecule has 0 saturated carbocycles. The molecule has 13 heavy (non-hydrogen) atoms. The molecule has 1 aliphatic heterocycles. The van der Waals surface area contributed by atoms with E-state index in [-0.39, 0.29) is 0 Å². The minimum absolute atomic E-state index is 0.614. The highest BCUT2D eigenvalue weighted by molar-refractivity contribution is 4.71. The number of nitrogens with zero attached hydrogens (tertiary/aromatic N) is 2. The molecule has 0 aromatic rings. The average Bonchev–Trinajstić information content (AvgIpc) is 2.31. The summed E-state index contributed by atoms with van der Waals surface area (Å²) in [6, 6.07) is 0.614. The summed E-state index contributed by atoms with van der Waals surface area (Å²) >= 11 is 0. The fourth-order valence-corrected chi connectivity index (χ4v) is 1.76. The van der Waals surface area contributed by atoms with Crippen LogP contribution in [-0.4, -0.2) is 62.7 Å². The molecule has 1 aliphatic rings. The lowest BCUT2D eigenvalue weighted by Gasteiger charge is -2.23. The van der Waals surface area contributed by atoms with Crippen molar-refractivity contribution in [3.63, 3.8) is 0 Å². The minimum Gasteiger partial charge on any atom is -0.316 e. The number of rotatable bonds is 3. The van der Waals surface area contributed by atoms with Crippen molar-refractivity contribution < 1.29 is 0 Å². The monoisotopic (exact) mass is 185 g/mol. The summed E-state index contributed by atoms with van der Waals surface area (Å²) in [4.78, 5) is 4.98. The molecule has 1 unspecified atom stereocenters. The molecule has 0 aromatic heterocycles. The smallest absolute Gasteiger partial charge is 0.0163 e. The van der Waals surface area contributed by atoms with Gasteiger partial charge in [-0.2, -0.15) is 0 Å². The average molecular weight is 185 g/mol. The van der Waals surface area contributed by atoms with Gasteiger partial charge in [-0.15, -0.1) is 0 Å². The summed E-state index contributed by atoms with van der Waals surface area (Å²) in [5.74, 6) is 0. The second-order valence-electron chi connectivity index (χ2n) is 4.15. The first kappa shape index (κ1) is 11.0. The predicted octanol–water partition coefficient (Wildman–Crippen LogP) is 0.232. The topological polar surface area (TPSA) is 18.5 Å². The fraction of sp³-hybridized carbons (Fsp3) is 1.00. The Morgan fingerprint density at radius 1 is 1.23 bits per heavy atom. The Labute approximate surface area is 82.1 Å². The third-order valence-corrected chi connectivity index (χ3v) is 2.84. The highest BCUT2D eigenvalue weighted by Gasteiger charge is 2.13. The fourth-order valence-electron chi connectivity index (χ4n) is 1.76. The van der Waals surface area contributed by atoms with Gasteiger partial charge in [0.2, 0.25) is 0 Å². The van der Waals surface area contributed by atoms with Crippen LogP contribution in [0.25, 0.3) is 0 Å². The molecule has 0 bridgehead atoms. The lowest BCUT2D eigenvalue weighted by Crippen LogP contribution is -2.39. The summed E-state index contributed by atoms with van der Waals surface area (Å²) < 4.78 is 0. The van der Waals surface area contributed by atoms with Gasteiger partial charge in [0.1, 0.15) is 0 Å². The van der Waals surface area contributed by atoms with Crippen molar-refractivity contribution >= 4 is 0 Å². The van der Waals surface area contributed by atoms with Gasteiger partial charge < -0.3 is 15.1 Å². The predicted molar refractivity (Wildman–Crippen MR) is 57.1 cm³/mol. The Morgan fingerprint density at radius 3 is 2.69 bits per heavy atom. The van der Waals surface area contributed by atoms with Crippen molar-refractivity contribution in [1.29, 1.82) is 0 Å². The first-order valence-corrected chi connectivity index (χ1v) is 5.30. The van der Waals surface area contributed by atoms with Gasteiger partial charge in [0.05, 0.1) is 0 Å². The molecule has 3 heteroatoms. The first-order chi connectivity index (χ1) is 6.22. The zero-order valence-electron chi connectivity index (χ0n) is 9.21. The number of likely N-dealkylation sites (N-methyl/N-ethyl adjacent to an activating group) is 2. The van der Waals surface area contributed by atoms with Crippen molar-refractivity contribution in [2.45, 2.75) is 19.4 Å². The van der Waals surface area contributed by atoms with Gasteiger partial charge in [-0.25, -0.2) is 0 Å². The molecule has 0 aromatic carbocycles. The van der Waals surface area contributed by atoms with Crippen LogP contribution < -0.4 is 5.32 Å². The Bertz CT molecular complexity index is 138. The minimum atomic E-state index is 0.614. The van der Waals surface area contributed by atoms with E-state index in [1.54, 1.807) is 0 Å². The van der Waals surface area contributed by atoms with E-state index >= 15 is 0 Å². The van der Waals surface area contributed by atoms with Crippen molar-refractivity contribution in [1.82, 2.24) is 15.1 Å². The van der Waals surface area contributed by atoms with Gasteiger partial charge in [-0.05, 0) is 40.5 Å². The standard InChI is InChI=1S/C10H23N3/c1-10(11-2)9-13-6-4-5-12(3)7-8-13/h10-11H,4-9H2,1-3H3. The van der Waals surface area contributed by atoms with Crippen molar-refractivity contribution in [3.05, 3.63) is 0 Å². The molecule has 0 radical (unpaired) electrons. The van der Waals surface area contributed by atoms with Crippen molar-refractivity contribution in [3.8, 4) is 0 Å². The molecule has 1 heterocycles. The third-order valence-electron chi connectivity index (χ3n) is 2.84. The largest absolute Gasteiger partial charge is 0.316 e. The van der Waals surface area contributed by atoms with Crippen molar-refractivity contribution in [2.75, 3.05) is 46.8 Å². The van der Waals surface area contributed by atoms with E-state index in [1.807, 2.05) is 7.05 Å². The van der Waals surface area contributed by atoms with E-state index in [1.165, 1.54) is 39.1 Å². The molecular formula is C10H23N3. The molecule has 0 amide bonds.